The van der Waals surface area contributed by atoms with E-state index >= 15 is 0 Å². The molecule has 82 valence electrons. The fraction of sp³-hybridized carbons (Fsp3) is 0.800. The Kier molecular flexibility index (Phi) is 2.36. The van der Waals surface area contributed by atoms with Crippen LogP contribution in [0.4, 0.5) is 5.95 Å². The average Bonchev–Trinajstić information content (AvgIpc) is 2.91. The molecular formula is C10H16N4S. The molecule has 3 heterocycles. The Morgan fingerprint density at radius 1 is 1.53 bits per heavy atom. The summed E-state index contributed by atoms with van der Waals surface area (Å²) in [7, 11) is 0. The smallest absolute Gasteiger partial charge is 0.234 e. The Balaban J connectivity index is 1.75. The van der Waals surface area contributed by atoms with Crippen molar-refractivity contribution in [3.05, 3.63) is 5.01 Å². The van der Waals surface area contributed by atoms with Crippen molar-refractivity contribution < 1.29 is 0 Å². The fourth-order valence-electron chi connectivity index (χ4n) is 2.68. The van der Waals surface area contributed by atoms with Crippen molar-refractivity contribution in [1.82, 2.24) is 14.3 Å². The van der Waals surface area contributed by atoms with E-state index in [0.717, 1.165) is 18.4 Å². The molecule has 3 rings (SSSR count). The maximum Gasteiger partial charge on any atom is 0.234 e. The van der Waals surface area contributed by atoms with Crippen molar-refractivity contribution in [2.45, 2.75) is 19.3 Å². The van der Waals surface area contributed by atoms with E-state index in [1.54, 1.807) is 11.5 Å². The standard InChI is InChI=1S/C10H16N4S/c1-2-11-10-12-9(15-13-10)8-6-14-4-3-7(8)5-14/h7-8H,2-6H2,1H3,(H,11,13). The number of anilines is 1. The molecule has 2 aliphatic rings. The second kappa shape index (κ2) is 3.72. The van der Waals surface area contributed by atoms with Gasteiger partial charge >= 0.3 is 0 Å². The minimum atomic E-state index is 0.656. The number of hydrogen-bond donors (Lipinski definition) is 1. The third kappa shape index (κ3) is 1.63. The monoisotopic (exact) mass is 224 g/mol. The van der Waals surface area contributed by atoms with E-state index < -0.39 is 0 Å². The van der Waals surface area contributed by atoms with Gasteiger partial charge in [-0.15, -0.1) is 0 Å². The van der Waals surface area contributed by atoms with Crippen LogP contribution in [0.1, 0.15) is 24.3 Å². The molecule has 0 amide bonds. The van der Waals surface area contributed by atoms with Crippen molar-refractivity contribution >= 4 is 17.5 Å². The van der Waals surface area contributed by atoms with Crippen molar-refractivity contribution in [1.29, 1.82) is 0 Å². The zero-order valence-electron chi connectivity index (χ0n) is 8.94. The molecule has 2 aliphatic heterocycles. The zero-order valence-corrected chi connectivity index (χ0v) is 9.76. The molecule has 0 aliphatic carbocycles. The molecule has 4 nitrogen and oxygen atoms in total. The van der Waals surface area contributed by atoms with Gasteiger partial charge in [0.1, 0.15) is 5.01 Å². The van der Waals surface area contributed by atoms with E-state index in [0.29, 0.717) is 5.92 Å². The lowest BCUT2D eigenvalue weighted by Crippen LogP contribution is -2.22. The Hall–Kier alpha value is -0.680. The topological polar surface area (TPSA) is 41.1 Å². The molecule has 1 N–H and O–H groups in total. The predicted molar refractivity (Wildman–Crippen MR) is 61.4 cm³/mol. The van der Waals surface area contributed by atoms with Crippen LogP contribution in [0.3, 0.4) is 0 Å². The molecule has 3 atom stereocenters. The zero-order chi connectivity index (χ0) is 10.3. The summed E-state index contributed by atoms with van der Waals surface area (Å²) in [6.45, 7) is 6.74. The second-order valence-corrected chi connectivity index (χ2v) is 5.18. The van der Waals surface area contributed by atoms with Crippen LogP contribution in [0, 0.1) is 5.92 Å². The molecule has 1 aromatic heterocycles. The first-order valence-corrected chi connectivity index (χ1v) is 6.44. The summed E-state index contributed by atoms with van der Waals surface area (Å²) >= 11 is 1.58. The quantitative estimate of drug-likeness (QED) is 0.842. The summed E-state index contributed by atoms with van der Waals surface area (Å²) in [6.07, 6.45) is 1.35. The largest absolute Gasteiger partial charge is 0.354 e. The van der Waals surface area contributed by atoms with Crippen molar-refractivity contribution in [2.24, 2.45) is 5.92 Å². The van der Waals surface area contributed by atoms with Crippen LogP contribution in [-0.2, 0) is 0 Å². The van der Waals surface area contributed by atoms with Gasteiger partial charge in [0.05, 0.1) is 0 Å². The Morgan fingerprint density at radius 3 is 3.13 bits per heavy atom. The first-order valence-electron chi connectivity index (χ1n) is 5.66. The highest BCUT2D eigenvalue weighted by atomic mass is 32.1. The van der Waals surface area contributed by atoms with Crippen LogP contribution in [0.15, 0.2) is 0 Å². The lowest BCUT2D eigenvalue weighted by molar-refractivity contribution is 0.346. The number of rotatable bonds is 3. The summed E-state index contributed by atoms with van der Waals surface area (Å²) in [6, 6.07) is 0. The molecule has 2 saturated heterocycles. The number of piperidine rings is 1. The van der Waals surface area contributed by atoms with Gasteiger partial charge < -0.3 is 10.2 Å². The van der Waals surface area contributed by atoms with E-state index in [4.69, 9.17) is 0 Å². The first kappa shape index (κ1) is 9.54. The molecule has 2 fully saturated rings. The maximum absolute atomic E-state index is 4.57. The molecule has 5 heteroatoms. The molecule has 0 radical (unpaired) electrons. The average molecular weight is 224 g/mol. The van der Waals surface area contributed by atoms with E-state index in [2.05, 4.69) is 26.5 Å². The fourth-order valence-corrected chi connectivity index (χ4v) is 3.49. The molecule has 0 saturated carbocycles. The first-order chi connectivity index (χ1) is 7.36. The highest BCUT2D eigenvalue weighted by Crippen LogP contribution is 2.40. The molecule has 0 spiro atoms. The number of nitrogens with one attached hydrogen (secondary N) is 1. The summed E-state index contributed by atoms with van der Waals surface area (Å²) in [5.74, 6) is 2.31. The second-order valence-electron chi connectivity index (χ2n) is 4.40. The number of nitrogens with zero attached hydrogens (tertiary/aromatic N) is 3. The van der Waals surface area contributed by atoms with Gasteiger partial charge in [0, 0.05) is 25.6 Å². The van der Waals surface area contributed by atoms with Crippen LogP contribution in [0.5, 0.6) is 0 Å². The lowest BCUT2D eigenvalue weighted by atomic mass is 9.93. The van der Waals surface area contributed by atoms with Crippen LogP contribution in [-0.4, -0.2) is 40.4 Å². The SMILES string of the molecule is CCNc1nsc(C2CN3CCC2C3)n1. The van der Waals surface area contributed by atoms with Gasteiger partial charge in [-0.05, 0) is 37.3 Å². The molecule has 1 aromatic rings. The number of hydrogen-bond acceptors (Lipinski definition) is 5. The predicted octanol–water partition coefficient (Wildman–Crippen LogP) is 1.39. The normalized spacial score (nSPS) is 33.5. The minimum Gasteiger partial charge on any atom is -0.354 e. The van der Waals surface area contributed by atoms with Gasteiger partial charge in [-0.1, -0.05) is 0 Å². The highest BCUT2D eigenvalue weighted by molar-refractivity contribution is 7.05. The number of fused-ring (bicyclic) bond motifs is 2. The summed E-state index contributed by atoms with van der Waals surface area (Å²) < 4.78 is 4.34. The van der Waals surface area contributed by atoms with Gasteiger partial charge in [0.15, 0.2) is 0 Å². The van der Waals surface area contributed by atoms with Crippen LogP contribution in [0.25, 0.3) is 0 Å². The van der Waals surface area contributed by atoms with E-state index in [-0.39, 0.29) is 0 Å². The summed E-state index contributed by atoms with van der Waals surface area (Å²) in [5, 5.41) is 4.40. The highest BCUT2D eigenvalue weighted by Gasteiger charge is 2.40. The molecule has 3 unspecified atom stereocenters. The van der Waals surface area contributed by atoms with Crippen molar-refractivity contribution in [3.8, 4) is 0 Å². The van der Waals surface area contributed by atoms with E-state index in [1.807, 2.05) is 0 Å². The summed E-state index contributed by atoms with van der Waals surface area (Å²) in [4.78, 5) is 7.12. The lowest BCUT2D eigenvalue weighted by Gasteiger charge is -2.19. The maximum atomic E-state index is 4.57. The van der Waals surface area contributed by atoms with E-state index in [1.165, 1.54) is 31.1 Å². The van der Waals surface area contributed by atoms with Crippen LogP contribution in [0.2, 0.25) is 0 Å². The Labute approximate surface area is 93.9 Å². The van der Waals surface area contributed by atoms with E-state index in [9.17, 15) is 0 Å². The Morgan fingerprint density at radius 2 is 2.47 bits per heavy atom. The third-order valence-electron chi connectivity index (χ3n) is 3.43. The minimum absolute atomic E-state index is 0.656. The van der Waals surface area contributed by atoms with Gasteiger partial charge in [0.2, 0.25) is 5.95 Å². The van der Waals surface area contributed by atoms with Gasteiger partial charge in [-0.3, -0.25) is 0 Å². The van der Waals surface area contributed by atoms with Crippen molar-refractivity contribution in [2.75, 3.05) is 31.5 Å². The van der Waals surface area contributed by atoms with Crippen LogP contribution >= 0.6 is 11.5 Å². The van der Waals surface area contributed by atoms with Crippen molar-refractivity contribution in [3.63, 3.8) is 0 Å². The van der Waals surface area contributed by atoms with Gasteiger partial charge in [-0.25, -0.2) is 4.98 Å². The third-order valence-corrected chi connectivity index (χ3v) is 4.27. The summed E-state index contributed by atoms with van der Waals surface area (Å²) in [5.41, 5.74) is 0. The molecule has 0 aromatic carbocycles. The molecule has 2 bridgehead atoms. The Bertz CT molecular complexity index is 351. The molecule has 15 heavy (non-hydrogen) atoms. The molecular weight excluding hydrogens is 208 g/mol. The number of aromatic nitrogens is 2. The van der Waals surface area contributed by atoms with Gasteiger partial charge in [-0.2, -0.15) is 4.37 Å². The van der Waals surface area contributed by atoms with Gasteiger partial charge in [0.25, 0.3) is 0 Å². The van der Waals surface area contributed by atoms with Crippen LogP contribution < -0.4 is 5.32 Å².